The number of carbonyl (C=O) groups is 1. The summed E-state index contributed by atoms with van der Waals surface area (Å²) in [5.74, 6) is 0.363. The number of amides is 1. The summed E-state index contributed by atoms with van der Waals surface area (Å²) in [5, 5.41) is 26.8. The molecule has 0 radical (unpaired) electrons. The molecular weight excluding hydrogens is 450 g/mol. The quantitative estimate of drug-likeness (QED) is 0.323. The van der Waals surface area contributed by atoms with E-state index in [1.54, 1.807) is 12.4 Å². The van der Waals surface area contributed by atoms with E-state index in [1.807, 2.05) is 43.3 Å². The maximum Gasteiger partial charge on any atom is 0.251 e. The summed E-state index contributed by atoms with van der Waals surface area (Å²) in [6.45, 7) is 2.43. The van der Waals surface area contributed by atoms with Gasteiger partial charge in [0.05, 0.1) is 6.33 Å². The van der Waals surface area contributed by atoms with Crippen LogP contribution < -0.4 is 10.6 Å². The lowest BCUT2D eigenvalue weighted by atomic mass is 10.1. The minimum atomic E-state index is -1.41. The van der Waals surface area contributed by atoms with Crippen LogP contribution in [0, 0.1) is 6.92 Å². The molecular formula is C24H25N7O4. The zero-order valence-electron chi connectivity index (χ0n) is 19.2. The SMILES string of the molecule is CNC(=O)[C@H]1O[C@@H](n2cnc3c(NCc4ccccc4)nc(-c4cncc(C)c4)nc32)[C@H](O)[C@@H]1O. The zero-order valence-corrected chi connectivity index (χ0v) is 19.2. The Morgan fingerprint density at radius 1 is 1.14 bits per heavy atom. The molecule has 4 N–H and O–H groups in total. The van der Waals surface area contributed by atoms with Crippen molar-refractivity contribution < 1.29 is 19.7 Å². The molecule has 35 heavy (non-hydrogen) atoms. The van der Waals surface area contributed by atoms with Gasteiger partial charge >= 0.3 is 0 Å². The van der Waals surface area contributed by atoms with E-state index < -0.39 is 30.4 Å². The number of aliphatic hydroxyl groups is 2. The van der Waals surface area contributed by atoms with Gasteiger partial charge in [-0.3, -0.25) is 14.3 Å². The third-order valence-electron chi connectivity index (χ3n) is 5.87. The highest BCUT2D eigenvalue weighted by Crippen LogP contribution is 2.33. The number of aryl methyl sites for hydroxylation is 1. The number of rotatable bonds is 6. The highest BCUT2D eigenvalue weighted by atomic mass is 16.6. The van der Waals surface area contributed by atoms with Crippen molar-refractivity contribution in [3.05, 3.63) is 66.2 Å². The maximum absolute atomic E-state index is 12.1. The van der Waals surface area contributed by atoms with E-state index in [0.29, 0.717) is 34.9 Å². The van der Waals surface area contributed by atoms with Crippen LogP contribution in [-0.4, -0.2) is 66.0 Å². The molecule has 1 saturated heterocycles. The van der Waals surface area contributed by atoms with E-state index in [-0.39, 0.29) is 0 Å². The number of benzene rings is 1. The molecule has 0 saturated carbocycles. The fourth-order valence-electron chi connectivity index (χ4n) is 4.06. The number of anilines is 1. The van der Waals surface area contributed by atoms with Crippen LogP contribution in [0.4, 0.5) is 5.82 Å². The number of nitrogens with zero attached hydrogens (tertiary/aromatic N) is 5. The van der Waals surface area contributed by atoms with Crippen LogP contribution in [0.1, 0.15) is 17.4 Å². The molecule has 1 aromatic carbocycles. The number of fused-ring (bicyclic) bond motifs is 1. The van der Waals surface area contributed by atoms with E-state index in [4.69, 9.17) is 14.7 Å². The number of aliphatic hydroxyl groups excluding tert-OH is 2. The molecule has 0 aliphatic carbocycles. The number of nitrogens with one attached hydrogen (secondary N) is 2. The Hall–Kier alpha value is -3.93. The van der Waals surface area contributed by atoms with Gasteiger partial charge in [-0.05, 0) is 24.1 Å². The Labute approximate surface area is 200 Å². The van der Waals surface area contributed by atoms with Crippen molar-refractivity contribution in [1.82, 2.24) is 29.8 Å². The van der Waals surface area contributed by atoms with Gasteiger partial charge in [-0.15, -0.1) is 0 Å². The lowest BCUT2D eigenvalue weighted by molar-refractivity contribution is -0.137. The van der Waals surface area contributed by atoms with Crippen molar-refractivity contribution in [3.63, 3.8) is 0 Å². The second-order valence-electron chi connectivity index (χ2n) is 8.35. The minimum Gasteiger partial charge on any atom is -0.387 e. The summed E-state index contributed by atoms with van der Waals surface area (Å²) < 4.78 is 7.25. The van der Waals surface area contributed by atoms with Crippen LogP contribution in [0.15, 0.2) is 55.1 Å². The van der Waals surface area contributed by atoms with Crippen LogP contribution in [0.3, 0.4) is 0 Å². The number of pyridine rings is 1. The standard InChI is InChI=1S/C24H25N7O4/c1-13-8-15(11-26-9-13)20-29-21(27-10-14-6-4-3-5-7-14)16-22(30-20)31(12-28-16)24-18(33)17(32)19(35-24)23(34)25-2/h3-9,11-12,17-19,24,32-33H,10H2,1-2H3,(H,25,34)(H,27,29,30)/t17-,18+,19-,24+/m0/s1. The number of aromatic nitrogens is 5. The van der Waals surface area contributed by atoms with Gasteiger partial charge in [-0.2, -0.15) is 0 Å². The minimum absolute atomic E-state index is 0.376. The Kier molecular flexibility index (Phi) is 6.12. The molecule has 4 heterocycles. The first kappa shape index (κ1) is 22.8. The van der Waals surface area contributed by atoms with Gasteiger partial charge in [-0.1, -0.05) is 30.3 Å². The van der Waals surface area contributed by atoms with Crippen LogP contribution in [0.5, 0.6) is 0 Å². The highest BCUT2D eigenvalue weighted by Gasteiger charge is 2.47. The van der Waals surface area contributed by atoms with Crippen molar-refractivity contribution in [3.8, 4) is 11.4 Å². The molecule has 180 valence electrons. The predicted octanol–water partition coefficient (Wildman–Crippen LogP) is 1.17. The Balaban J connectivity index is 1.58. The number of imidazole rings is 1. The first-order valence-electron chi connectivity index (χ1n) is 11.1. The van der Waals surface area contributed by atoms with E-state index in [0.717, 1.165) is 11.1 Å². The van der Waals surface area contributed by atoms with Crippen molar-refractivity contribution >= 4 is 22.9 Å². The fraction of sp³-hybridized carbons (Fsp3) is 0.292. The summed E-state index contributed by atoms with van der Waals surface area (Å²) >= 11 is 0. The van der Waals surface area contributed by atoms with Gasteiger partial charge in [0.15, 0.2) is 35.1 Å². The van der Waals surface area contributed by atoms with Gasteiger partial charge in [0.25, 0.3) is 5.91 Å². The zero-order chi connectivity index (χ0) is 24.5. The second kappa shape index (κ2) is 9.37. The van der Waals surface area contributed by atoms with E-state index in [2.05, 4.69) is 20.6 Å². The monoisotopic (exact) mass is 475 g/mol. The Morgan fingerprint density at radius 3 is 2.69 bits per heavy atom. The highest BCUT2D eigenvalue weighted by molar-refractivity contribution is 5.85. The maximum atomic E-state index is 12.1. The van der Waals surface area contributed by atoms with Gasteiger partial charge in [-0.25, -0.2) is 15.0 Å². The molecule has 1 amide bonds. The first-order valence-corrected chi connectivity index (χ1v) is 11.1. The topological polar surface area (TPSA) is 147 Å². The number of hydrogen-bond donors (Lipinski definition) is 4. The summed E-state index contributed by atoms with van der Waals surface area (Å²) in [6, 6.07) is 11.8. The molecule has 1 aliphatic heterocycles. The largest absolute Gasteiger partial charge is 0.387 e. The molecule has 1 fully saturated rings. The van der Waals surface area contributed by atoms with Crippen molar-refractivity contribution in [1.29, 1.82) is 0 Å². The van der Waals surface area contributed by atoms with Gasteiger partial charge < -0.3 is 25.6 Å². The normalized spacial score (nSPS) is 21.8. The lowest BCUT2D eigenvalue weighted by Crippen LogP contribution is -2.41. The van der Waals surface area contributed by atoms with Crippen molar-refractivity contribution in [2.75, 3.05) is 12.4 Å². The number of likely N-dealkylation sites (N-methyl/N-ethyl adjacent to an activating group) is 1. The predicted molar refractivity (Wildman–Crippen MR) is 127 cm³/mol. The third-order valence-corrected chi connectivity index (χ3v) is 5.87. The molecule has 0 unspecified atom stereocenters. The lowest BCUT2D eigenvalue weighted by Gasteiger charge is -2.17. The number of hydrogen-bond acceptors (Lipinski definition) is 9. The molecule has 11 heteroatoms. The second-order valence-corrected chi connectivity index (χ2v) is 8.35. The number of carbonyl (C=O) groups excluding carboxylic acids is 1. The molecule has 11 nitrogen and oxygen atoms in total. The Bertz CT molecular complexity index is 1360. The van der Waals surface area contributed by atoms with Crippen molar-refractivity contribution in [2.24, 2.45) is 0 Å². The van der Waals surface area contributed by atoms with Crippen LogP contribution in [-0.2, 0) is 16.1 Å². The average molecular weight is 476 g/mol. The van der Waals surface area contributed by atoms with Crippen LogP contribution in [0.2, 0.25) is 0 Å². The molecule has 1 aliphatic rings. The van der Waals surface area contributed by atoms with E-state index in [1.165, 1.54) is 17.9 Å². The summed E-state index contributed by atoms with van der Waals surface area (Å²) in [5.41, 5.74) is 3.55. The van der Waals surface area contributed by atoms with Crippen LogP contribution >= 0.6 is 0 Å². The molecule has 4 aromatic rings. The molecule has 3 aromatic heterocycles. The van der Waals surface area contributed by atoms with Gasteiger partial charge in [0.2, 0.25) is 0 Å². The Morgan fingerprint density at radius 2 is 1.94 bits per heavy atom. The van der Waals surface area contributed by atoms with E-state index in [9.17, 15) is 15.0 Å². The summed E-state index contributed by atoms with van der Waals surface area (Å²) in [7, 11) is 1.44. The fourth-order valence-corrected chi connectivity index (χ4v) is 4.06. The average Bonchev–Trinajstić information content (AvgIpc) is 3.43. The smallest absolute Gasteiger partial charge is 0.251 e. The summed E-state index contributed by atoms with van der Waals surface area (Å²) in [4.78, 5) is 30.2. The first-order chi connectivity index (χ1) is 17.0. The molecule has 0 bridgehead atoms. The van der Waals surface area contributed by atoms with Gasteiger partial charge in [0.1, 0.15) is 12.2 Å². The molecule has 5 rings (SSSR count). The van der Waals surface area contributed by atoms with Crippen molar-refractivity contribution in [2.45, 2.75) is 38.0 Å². The van der Waals surface area contributed by atoms with Gasteiger partial charge in [0, 0.05) is 31.5 Å². The number of ether oxygens (including phenoxy) is 1. The third kappa shape index (κ3) is 4.32. The summed E-state index contributed by atoms with van der Waals surface area (Å²) in [6.07, 6.45) is -0.206. The van der Waals surface area contributed by atoms with Crippen LogP contribution in [0.25, 0.3) is 22.6 Å². The van der Waals surface area contributed by atoms with E-state index >= 15 is 0 Å². The molecule has 4 atom stereocenters. The molecule has 0 spiro atoms.